The van der Waals surface area contributed by atoms with Crippen LogP contribution in [0.25, 0.3) is 0 Å². The molecule has 0 spiro atoms. The number of nitrogens with zero attached hydrogens (tertiary/aromatic N) is 3. The van der Waals surface area contributed by atoms with Crippen LogP contribution in [0.3, 0.4) is 0 Å². The van der Waals surface area contributed by atoms with Crippen molar-refractivity contribution < 1.29 is 19.2 Å². The first-order valence-electron chi connectivity index (χ1n) is 9.00. The number of hydrogen-bond donors (Lipinski definition) is 0. The zero-order valence-electron chi connectivity index (χ0n) is 16.0. The van der Waals surface area contributed by atoms with E-state index in [-0.39, 0.29) is 16.5 Å². The van der Waals surface area contributed by atoms with Crippen LogP contribution >= 0.6 is 0 Å². The van der Waals surface area contributed by atoms with Crippen molar-refractivity contribution in [3.8, 4) is 11.5 Å². The van der Waals surface area contributed by atoms with Gasteiger partial charge in [0.2, 0.25) is 0 Å². The van der Waals surface area contributed by atoms with Crippen LogP contribution < -0.4 is 9.47 Å². The van der Waals surface area contributed by atoms with Gasteiger partial charge in [0.25, 0.3) is 11.6 Å². The largest absolute Gasteiger partial charge is 0.493 e. The molecule has 1 aliphatic heterocycles. The van der Waals surface area contributed by atoms with Gasteiger partial charge in [-0.3, -0.25) is 19.8 Å². The Bertz CT molecular complexity index is 863. The highest BCUT2D eigenvalue weighted by molar-refractivity contribution is 5.97. The molecule has 0 bridgehead atoms. The third kappa shape index (κ3) is 4.07. The van der Waals surface area contributed by atoms with Crippen LogP contribution in [0.5, 0.6) is 11.5 Å². The number of methoxy groups -OCH3 is 2. The fraction of sp³-hybridized carbons (Fsp3) is 0.350. The standard InChI is InChI=1S/C20H23N3O5/c1-27-18-9-5-7-16(19(18)28-2)20(24)22-12-10-21(11-13-22)14-15-6-3-4-8-17(15)23(25)26/h3-9H,10-14H2,1-2H3. The third-order valence-corrected chi connectivity index (χ3v) is 4.88. The van der Waals surface area contributed by atoms with Gasteiger partial charge in [-0.2, -0.15) is 0 Å². The molecule has 2 aromatic carbocycles. The van der Waals surface area contributed by atoms with E-state index in [1.54, 1.807) is 41.3 Å². The minimum Gasteiger partial charge on any atom is -0.493 e. The van der Waals surface area contributed by atoms with Gasteiger partial charge in [-0.05, 0) is 12.1 Å². The van der Waals surface area contributed by atoms with Gasteiger partial charge in [-0.25, -0.2) is 0 Å². The van der Waals surface area contributed by atoms with E-state index in [4.69, 9.17) is 9.47 Å². The molecule has 8 heteroatoms. The van der Waals surface area contributed by atoms with Gasteiger partial charge >= 0.3 is 0 Å². The van der Waals surface area contributed by atoms with Crippen LogP contribution in [-0.2, 0) is 6.54 Å². The lowest BCUT2D eigenvalue weighted by Crippen LogP contribution is -2.48. The lowest BCUT2D eigenvalue weighted by atomic mass is 10.1. The number of hydrogen-bond acceptors (Lipinski definition) is 6. The van der Waals surface area contributed by atoms with Gasteiger partial charge in [0.15, 0.2) is 11.5 Å². The summed E-state index contributed by atoms with van der Waals surface area (Å²) in [6.07, 6.45) is 0. The molecule has 1 fully saturated rings. The molecular formula is C20H23N3O5. The summed E-state index contributed by atoms with van der Waals surface area (Å²) in [6, 6.07) is 12.0. The Hall–Kier alpha value is -3.13. The molecule has 1 saturated heterocycles. The minimum absolute atomic E-state index is 0.110. The normalized spacial score (nSPS) is 14.6. The average Bonchev–Trinajstić information content (AvgIpc) is 2.73. The predicted octanol–water partition coefficient (Wildman–Crippen LogP) is 2.57. The first-order chi connectivity index (χ1) is 13.5. The quantitative estimate of drug-likeness (QED) is 0.561. The van der Waals surface area contributed by atoms with Crippen LogP contribution in [0.1, 0.15) is 15.9 Å². The number of carbonyl (C=O) groups excluding carboxylic acids is 1. The van der Waals surface area contributed by atoms with Crippen LogP contribution in [0.4, 0.5) is 5.69 Å². The van der Waals surface area contributed by atoms with Gasteiger partial charge < -0.3 is 14.4 Å². The van der Waals surface area contributed by atoms with E-state index in [1.165, 1.54) is 20.3 Å². The van der Waals surface area contributed by atoms with E-state index in [9.17, 15) is 14.9 Å². The number of amides is 1. The molecule has 0 unspecified atom stereocenters. The number of para-hydroxylation sites is 2. The van der Waals surface area contributed by atoms with E-state index < -0.39 is 0 Å². The number of rotatable bonds is 6. The Labute approximate surface area is 163 Å². The minimum atomic E-state index is -0.357. The Balaban J connectivity index is 1.66. The van der Waals surface area contributed by atoms with Crippen molar-refractivity contribution in [3.05, 3.63) is 63.7 Å². The van der Waals surface area contributed by atoms with Crippen molar-refractivity contribution in [2.24, 2.45) is 0 Å². The molecular weight excluding hydrogens is 362 g/mol. The lowest BCUT2D eigenvalue weighted by molar-refractivity contribution is -0.385. The number of benzene rings is 2. The predicted molar refractivity (Wildman–Crippen MR) is 104 cm³/mol. The van der Waals surface area contributed by atoms with E-state index in [1.807, 2.05) is 0 Å². The summed E-state index contributed by atoms with van der Waals surface area (Å²) >= 11 is 0. The van der Waals surface area contributed by atoms with Crippen LogP contribution in [-0.4, -0.2) is 61.0 Å². The van der Waals surface area contributed by atoms with Gasteiger partial charge in [0, 0.05) is 44.4 Å². The van der Waals surface area contributed by atoms with Gasteiger partial charge in [-0.1, -0.05) is 24.3 Å². The first kappa shape index (κ1) is 19.6. The number of carbonyl (C=O) groups is 1. The molecule has 0 saturated carbocycles. The topological polar surface area (TPSA) is 85.2 Å². The summed E-state index contributed by atoms with van der Waals surface area (Å²) in [5, 5.41) is 11.2. The molecule has 2 aromatic rings. The maximum atomic E-state index is 12.9. The highest BCUT2D eigenvalue weighted by Crippen LogP contribution is 2.31. The maximum absolute atomic E-state index is 12.9. The van der Waals surface area contributed by atoms with Crippen LogP contribution in [0, 0.1) is 10.1 Å². The highest BCUT2D eigenvalue weighted by atomic mass is 16.6. The van der Waals surface area contributed by atoms with E-state index in [0.717, 1.165) is 0 Å². The van der Waals surface area contributed by atoms with E-state index in [2.05, 4.69) is 4.90 Å². The van der Waals surface area contributed by atoms with Gasteiger partial charge in [0.05, 0.1) is 24.7 Å². The highest BCUT2D eigenvalue weighted by Gasteiger charge is 2.26. The second-order valence-electron chi connectivity index (χ2n) is 6.50. The second kappa shape index (κ2) is 8.71. The van der Waals surface area contributed by atoms with Crippen molar-refractivity contribution in [2.75, 3.05) is 40.4 Å². The Morgan fingerprint density at radius 3 is 2.39 bits per heavy atom. The molecule has 0 radical (unpaired) electrons. The van der Waals surface area contributed by atoms with Crippen molar-refractivity contribution in [1.29, 1.82) is 0 Å². The summed E-state index contributed by atoms with van der Waals surface area (Å²) in [4.78, 5) is 27.7. The summed E-state index contributed by atoms with van der Waals surface area (Å²) in [5.74, 6) is 0.835. The Morgan fingerprint density at radius 1 is 1.04 bits per heavy atom. The monoisotopic (exact) mass is 385 g/mol. The summed E-state index contributed by atoms with van der Waals surface area (Å²) in [7, 11) is 3.05. The third-order valence-electron chi connectivity index (χ3n) is 4.88. The molecule has 1 heterocycles. The van der Waals surface area contributed by atoms with Crippen LogP contribution in [0.2, 0.25) is 0 Å². The Kier molecular flexibility index (Phi) is 6.10. The smallest absolute Gasteiger partial charge is 0.273 e. The van der Waals surface area contributed by atoms with Gasteiger partial charge in [-0.15, -0.1) is 0 Å². The molecule has 3 rings (SSSR count). The van der Waals surface area contributed by atoms with Gasteiger partial charge in [0.1, 0.15) is 0 Å². The van der Waals surface area contributed by atoms with E-state index in [0.29, 0.717) is 55.3 Å². The summed E-state index contributed by atoms with van der Waals surface area (Å²) in [6.45, 7) is 2.86. The first-order valence-corrected chi connectivity index (χ1v) is 9.00. The van der Waals surface area contributed by atoms with Crippen LogP contribution in [0.15, 0.2) is 42.5 Å². The van der Waals surface area contributed by atoms with Crippen molar-refractivity contribution in [3.63, 3.8) is 0 Å². The molecule has 8 nitrogen and oxygen atoms in total. The fourth-order valence-electron chi connectivity index (χ4n) is 3.40. The SMILES string of the molecule is COc1cccc(C(=O)N2CCN(Cc3ccccc3[N+](=O)[O-])CC2)c1OC. The molecule has 0 atom stereocenters. The number of nitro groups is 1. The van der Waals surface area contributed by atoms with Crippen molar-refractivity contribution in [2.45, 2.75) is 6.54 Å². The van der Waals surface area contributed by atoms with Crippen molar-refractivity contribution in [1.82, 2.24) is 9.80 Å². The lowest BCUT2D eigenvalue weighted by Gasteiger charge is -2.35. The molecule has 0 N–H and O–H groups in total. The van der Waals surface area contributed by atoms with E-state index >= 15 is 0 Å². The molecule has 1 aliphatic rings. The second-order valence-corrected chi connectivity index (χ2v) is 6.50. The molecule has 0 aliphatic carbocycles. The average molecular weight is 385 g/mol. The zero-order valence-corrected chi connectivity index (χ0v) is 16.0. The Morgan fingerprint density at radius 2 is 1.75 bits per heavy atom. The number of ether oxygens (including phenoxy) is 2. The van der Waals surface area contributed by atoms with Crippen molar-refractivity contribution >= 4 is 11.6 Å². The molecule has 0 aromatic heterocycles. The fourth-order valence-corrected chi connectivity index (χ4v) is 3.40. The molecule has 148 valence electrons. The summed E-state index contributed by atoms with van der Waals surface area (Å²) < 4.78 is 10.6. The number of piperazine rings is 1. The zero-order chi connectivity index (χ0) is 20.1. The summed E-state index contributed by atoms with van der Waals surface area (Å²) in [5.41, 5.74) is 1.28. The number of nitro benzene ring substituents is 1. The molecule has 1 amide bonds. The maximum Gasteiger partial charge on any atom is 0.273 e. The molecule has 28 heavy (non-hydrogen) atoms.